The number of hydrogen-bond donors (Lipinski definition) is 0. The number of ether oxygens (including phenoxy) is 1. The first-order chi connectivity index (χ1) is 11.7. The van der Waals surface area contributed by atoms with E-state index in [9.17, 15) is 10.1 Å². The molecular formula is C20H18N2O2. The fraction of sp³-hybridized carbons (Fsp3) is 0.300. The Kier molecular flexibility index (Phi) is 3.50. The molecule has 4 nitrogen and oxygen atoms in total. The Morgan fingerprint density at radius 3 is 2.71 bits per heavy atom. The lowest BCUT2D eigenvalue weighted by Crippen LogP contribution is -2.39. The summed E-state index contributed by atoms with van der Waals surface area (Å²) in [6.45, 7) is 0.820. The van der Waals surface area contributed by atoms with Gasteiger partial charge in [0, 0.05) is 18.5 Å². The summed E-state index contributed by atoms with van der Waals surface area (Å²) in [5, 5.41) is 9.56. The predicted molar refractivity (Wildman–Crippen MR) is 92.1 cm³/mol. The zero-order valence-corrected chi connectivity index (χ0v) is 13.6. The highest BCUT2D eigenvalue weighted by molar-refractivity contribution is 5.98. The van der Waals surface area contributed by atoms with E-state index in [2.05, 4.69) is 18.2 Å². The Morgan fingerprint density at radius 1 is 1.17 bits per heavy atom. The minimum absolute atomic E-state index is 0.232. The first kappa shape index (κ1) is 14.8. The number of nitrogens with zero attached hydrogens (tertiary/aromatic N) is 2. The number of hydrogen-bond acceptors (Lipinski definition) is 3. The topological polar surface area (TPSA) is 53.3 Å². The highest BCUT2D eigenvalue weighted by Crippen LogP contribution is 2.40. The molecular weight excluding hydrogens is 300 g/mol. The van der Waals surface area contributed by atoms with Crippen LogP contribution in [0.5, 0.6) is 5.75 Å². The van der Waals surface area contributed by atoms with Gasteiger partial charge in [-0.1, -0.05) is 12.1 Å². The quantitative estimate of drug-likeness (QED) is 0.852. The smallest absolute Gasteiger partial charge is 0.227 e. The molecule has 24 heavy (non-hydrogen) atoms. The van der Waals surface area contributed by atoms with Gasteiger partial charge in [0.2, 0.25) is 5.91 Å². The van der Waals surface area contributed by atoms with Crippen molar-refractivity contribution in [1.29, 1.82) is 5.26 Å². The molecule has 120 valence electrons. The van der Waals surface area contributed by atoms with Crippen LogP contribution in [0.4, 0.5) is 5.69 Å². The molecule has 2 aromatic carbocycles. The molecule has 4 rings (SSSR count). The van der Waals surface area contributed by atoms with Gasteiger partial charge < -0.3 is 9.64 Å². The van der Waals surface area contributed by atoms with E-state index in [0.717, 1.165) is 42.6 Å². The Hall–Kier alpha value is -2.80. The maximum Gasteiger partial charge on any atom is 0.227 e. The maximum absolute atomic E-state index is 12.2. The number of methoxy groups -OCH3 is 1. The van der Waals surface area contributed by atoms with Crippen molar-refractivity contribution < 1.29 is 9.53 Å². The van der Waals surface area contributed by atoms with Gasteiger partial charge in [-0.3, -0.25) is 4.79 Å². The monoisotopic (exact) mass is 318 g/mol. The summed E-state index contributed by atoms with van der Waals surface area (Å²) in [7, 11) is 1.58. The summed E-state index contributed by atoms with van der Waals surface area (Å²) in [6, 6.07) is 12.2. The number of carbonyl (C=O) groups excluding carboxylic acids is 1. The van der Waals surface area contributed by atoms with Gasteiger partial charge in [0.25, 0.3) is 0 Å². The van der Waals surface area contributed by atoms with Gasteiger partial charge in [-0.2, -0.15) is 5.26 Å². The molecule has 0 saturated carbocycles. The van der Waals surface area contributed by atoms with Crippen molar-refractivity contribution >= 4 is 11.6 Å². The molecule has 0 atom stereocenters. The van der Waals surface area contributed by atoms with E-state index in [0.29, 0.717) is 17.7 Å². The van der Waals surface area contributed by atoms with Crippen molar-refractivity contribution in [2.24, 2.45) is 0 Å². The summed E-state index contributed by atoms with van der Waals surface area (Å²) < 4.78 is 5.33. The third-order valence-corrected chi connectivity index (χ3v) is 4.94. The van der Waals surface area contributed by atoms with Crippen LogP contribution in [0.1, 0.15) is 29.5 Å². The van der Waals surface area contributed by atoms with Gasteiger partial charge in [-0.15, -0.1) is 0 Å². The van der Waals surface area contributed by atoms with E-state index >= 15 is 0 Å². The van der Waals surface area contributed by atoms with Crippen LogP contribution in [0, 0.1) is 11.3 Å². The average molecular weight is 318 g/mol. The Bertz CT molecular complexity index is 863. The van der Waals surface area contributed by atoms with Crippen molar-refractivity contribution in [1.82, 2.24) is 0 Å². The Labute approximate surface area is 141 Å². The molecule has 0 N–H and O–H groups in total. The van der Waals surface area contributed by atoms with E-state index in [1.807, 2.05) is 23.1 Å². The number of carbonyl (C=O) groups is 1. The zero-order valence-electron chi connectivity index (χ0n) is 13.6. The van der Waals surface area contributed by atoms with Crippen LogP contribution in [0.25, 0.3) is 11.1 Å². The lowest BCUT2D eigenvalue weighted by molar-refractivity contribution is -0.119. The Morgan fingerprint density at radius 2 is 1.96 bits per heavy atom. The standard InChI is InChI=1S/C20H18N2O2/c1-24-18-6-2-5-16(17(18)12-21)15-10-13-4-3-9-22-19(23)8-7-14(11-15)20(13)22/h2,5-6,10-11H,3-4,7-9H2,1H3. The van der Waals surface area contributed by atoms with Crippen molar-refractivity contribution in [3.63, 3.8) is 0 Å². The normalized spacial score (nSPS) is 15.7. The maximum atomic E-state index is 12.2. The highest BCUT2D eigenvalue weighted by Gasteiger charge is 2.30. The molecule has 0 aliphatic carbocycles. The van der Waals surface area contributed by atoms with Gasteiger partial charge in [-0.05, 0) is 54.2 Å². The molecule has 0 bridgehead atoms. The van der Waals surface area contributed by atoms with Gasteiger partial charge >= 0.3 is 0 Å². The second-order valence-corrected chi connectivity index (χ2v) is 6.29. The molecule has 2 aromatic rings. The summed E-state index contributed by atoms with van der Waals surface area (Å²) in [5.41, 5.74) is 6.04. The average Bonchev–Trinajstić information content (AvgIpc) is 2.63. The van der Waals surface area contributed by atoms with Crippen LogP contribution >= 0.6 is 0 Å². The molecule has 2 aliphatic heterocycles. The van der Waals surface area contributed by atoms with Crippen molar-refractivity contribution in [3.05, 3.63) is 47.0 Å². The van der Waals surface area contributed by atoms with Crippen LogP contribution < -0.4 is 9.64 Å². The highest BCUT2D eigenvalue weighted by atomic mass is 16.5. The van der Waals surface area contributed by atoms with Crippen LogP contribution in [0.3, 0.4) is 0 Å². The van der Waals surface area contributed by atoms with Gasteiger partial charge in [0.1, 0.15) is 17.4 Å². The van der Waals surface area contributed by atoms with Crippen molar-refractivity contribution in [2.75, 3.05) is 18.6 Å². The summed E-state index contributed by atoms with van der Waals surface area (Å²) in [4.78, 5) is 14.1. The minimum Gasteiger partial charge on any atom is -0.495 e. The van der Waals surface area contributed by atoms with Gasteiger partial charge in [0.15, 0.2) is 0 Å². The molecule has 4 heteroatoms. The second-order valence-electron chi connectivity index (χ2n) is 6.29. The van der Waals surface area contributed by atoms with Gasteiger partial charge in [0.05, 0.1) is 12.8 Å². The fourth-order valence-electron chi connectivity index (χ4n) is 3.87. The van der Waals surface area contributed by atoms with E-state index < -0.39 is 0 Å². The molecule has 0 fully saturated rings. The van der Waals surface area contributed by atoms with E-state index in [1.165, 1.54) is 11.1 Å². The summed E-state index contributed by atoms with van der Waals surface area (Å²) >= 11 is 0. The van der Waals surface area contributed by atoms with E-state index in [4.69, 9.17) is 4.74 Å². The van der Waals surface area contributed by atoms with Crippen LogP contribution in [-0.4, -0.2) is 19.6 Å². The minimum atomic E-state index is 0.232. The number of anilines is 1. The number of amides is 1. The third-order valence-electron chi connectivity index (χ3n) is 4.94. The third kappa shape index (κ3) is 2.16. The van der Waals surface area contributed by atoms with Crippen LogP contribution in [-0.2, 0) is 17.6 Å². The van der Waals surface area contributed by atoms with Crippen LogP contribution in [0.15, 0.2) is 30.3 Å². The Balaban J connectivity index is 1.91. The van der Waals surface area contributed by atoms with Crippen molar-refractivity contribution in [3.8, 4) is 22.9 Å². The largest absolute Gasteiger partial charge is 0.495 e. The SMILES string of the molecule is COc1cccc(-c2cc3c4c(c2)CCC(=O)N4CCC3)c1C#N. The molecule has 1 amide bonds. The first-order valence-corrected chi connectivity index (χ1v) is 8.26. The second kappa shape index (κ2) is 5.68. The molecule has 0 aromatic heterocycles. The fourth-order valence-corrected chi connectivity index (χ4v) is 3.87. The number of aryl methyl sites for hydroxylation is 2. The van der Waals surface area contributed by atoms with E-state index in [1.54, 1.807) is 7.11 Å². The van der Waals surface area contributed by atoms with E-state index in [-0.39, 0.29) is 5.91 Å². The summed E-state index contributed by atoms with van der Waals surface area (Å²) in [6.07, 6.45) is 3.31. The van der Waals surface area contributed by atoms with Gasteiger partial charge in [-0.25, -0.2) is 0 Å². The lowest BCUT2D eigenvalue weighted by atomic mass is 9.87. The van der Waals surface area contributed by atoms with Crippen LogP contribution in [0.2, 0.25) is 0 Å². The summed E-state index contributed by atoms with van der Waals surface area (Å²) in [5.74, 6) is 0.827. The molecule has 0 radical (unpaired) electrons. The number of nitriles is 1. The lowest BCUT2D eigenvalue weighted by Gasteiger charge is -2.35. The number of rotatable bonds is 2. The molecule has 2 heterocycles. The molecule has 0 spiro atoms. The zero-order chi connectivity index (χ0) is 16.7. The molecule has 2 aliphatic rings. The van der Waals surface area contributed by atoms with Crippen molar-refractivity contribution in [2.45, 2.75) is 25.7 Å². The predicted octanol–water partition coefficient (Wildman–Crippen LogP) is 3.46. The molecule has 0 saturated heterocycles. The number of benzene rings is 2. The first-order valence-electron chi connectivity index (χ1n) is 8.26. The molecule has 0 unspecified atom stereocenters.